The average Bonchev–Trinajstić information content (AvgIpc) is 3.04. The minimum atomic E-state index is -5.00. The molecule has 0 fully saturated rings. The van der Waals surface area contributed by atoms with Gasteiger partial charge in [0.05, 0.1) is 23.1 Å². The second-order valence-electron chi connectivity index (χ2n) is 6.16. The number of rotatable bonds is 2. The van der Waals surface area contributed by atoms with Crippen molar-refractivity contribution in [2.24, 2.45) is 0 Å². The van der Waals surface area contributed by atoms with E-state index in [1.165, 1.54) is 6.20 Å². The Morgan fingerprint density at radius 2 is 2.12 bits per heavy atom. The first-order valence-electron chi connectivity index (χ1n) is 7.84. The summed E-state index contributed by atoms with van der Waals surface area (Å²) in [4.78, 5) is 12.9. The van der Waals surface area contributed by atoms with E-state index in [-0.39, 0.29) is 19.0 Å². The van der Waals surface area contributed by atoms with Crippen molar-refractivity contribution in [3.05, 3.63) is 47.3 Å². The van der Waals surface area contributed by atoms with Crippen LogP contribution in [-0.4, -0.2) is 44.5 Å². The number of aliphatic hydroxyl groups excluding tert-OH is 1. The minimum Gasteiger partial charge on any atom is -0.376 e. The second kappa shape index (κ2) is 6.46. The SMILES string of the molecule is CC1CN(C(=O)C(O)C(F)(F)F)Cc2cnn(-c3ccccc3C#N)c21. The van der Waals surface area contributed by atoms with Gasteiger partial charge in [-0.25, -0.2) is 4.68 Å². The van der Waals surface area contributed by atoms with E-state index < -0.39 is 18.2 Å². The summed E-state index contributed by atoms with van der Waals surface area (Å²) in [6.07, 6.45) is -6.57. The number of nitrogens with zero attached hydrogens (tertiary/aromatic N) is 4. The molecule has 1 N–H and O–H groups in total. The highest BCUT2D eigenvalue weighted by Crippen LogP contribution is 2.32. The van der Waals surface area contributed by atoms with Crippen molar-refractivity contribution in [2.75, 3.05) is 6.54 Å². The van der Waals surface area contributed by atoms with E-state index in [0.717, 1.165) is 10.6 Å². The summed E-state index contributed by atoms with van der Waals surface area (Å²) in [7, 11) is 0. The third kappa shape index (κ3) is 3.04. The van der Waals surface area contributed by atoms with Gasteiger partial charge in [-0.15, -0.1) is 0 Å². The highest BCUT2D eigenvalue weighted by atomic mass is 19.4. The molecular formula is C17H15F3N4O2. The van der Waals surface area contributed by atoms with Crippen molar-refractivity contribution < 1.29 is 23.1 Å². The van der Waals surface area contributed by atoms with Gasteiger partial charge in [0.15, 0.2) is 0 Å². The Morgan fingerprint density at radius 1 is 1.42 bits per heavy atom. The number of halogens is 3. The molecule has 2 heterocycles. The summed E-state index contributed by atoms with van der Waals surface area (Å²) < 4.78 is 39.4. The van der Waals surface area contributed by atoms with Crippen LogP contribution in [0.15, 0.2) is 30.5 Å². The summed E-state index contributed by atoms with van der Waals surface area (Å²) in [5.74, 6) is -1.70. The van der Waals surface area contributed by atoms with Crippen molar-refractivity contribution in [1.29, 1.82) is 5.26 Å². The lowest BCUT2D eigenvalue weighted by Gasteiger charge is -2.33. The Kier molecular flexibility index (Phi) is 4.46. The molecule has 0 saturated carbocycles. The number of amides is 1. The normalized spacial score (nSPS) is 18.2. The summed E-state index contributed by atoms with van der Waals surface area (Å²) in [6.45, 7) is 1.69. The zero-order valence-electron chi connectivity index (χ0n) is 13.7. The second-order valence-corrected chi connectivity index (χ2v) is 6.16. The van der Waals surface area contributed by atoms with Crippen LogP contribution >= 0.6 is 0 Å². The number of aromatic nitrogens is 2. The number of carbonyl (C=O) groups excluding carboxylic acids is 1. The highest BCUT2D eigenvalue weighted by Gasteiger charge is 2.46. The standard InChI is InChI=1S/C17H15F3N4O2/c1-10-8-23(16(26)15(25)17(18,19)20)9-12-7-22-24(14(10)12)13-5-3-2-4-11(13)6-21/h2-5,7,10,15,25H,8-9H2,1H3. The lowest BCUT2D eigenvalue weighted by molar-refractivity contribution is -0.211. The van der Waals surface area contributed by atoms with Gasteiger partial charge in [-0.05, 0) is 12.1 Å². The van der Waals surface area contributed by atoms with E-state index in [1.807, 2.05) is 0 Å². The van der Waals surface area contributed by atoms with E-state index in [1.54, 1.807) is 35.9 Å². The molecule has 9 heteroatoms. The molecule has 2 atom stereocenters. The summed E-state index contributed by atoms with van der Waals surface area (Å²) >= 11 is 0. The number of para-hydroxylation sites is 1. The van der Waals surface area contributed by atoms with E-state index in [0.29, 0.717) is 16.8 Å². The number of hydrogen-bond acceptors (Lipinski definition) is 4. The fraction of sp³-hybridized carbons (Fsp3) is 0.353. The molecule has 1 aromatic carbocycles. The Balaban J connectivity index is 1.94. The van der Waals surface area contributed by atoms with E-state index >= 15 is 0 Å². The lowest BCUT2D eigenvalue weighted by Crippen LogP contribution is -2.48. The molecule has 0 saturated heterocycles. The maximum absolute atomic E-state index is 12.6. The lowest BCUT2D eigenvalue weighted by atomic mass is 9.97. The van der Waals surface area contributed by atoms with Gasteiger partial charge in [0.1, 0.15) is 6.07 Å². The Labute approximate surface area is 147 Å². The Hall–Kier alpha value is -2.86. The van der Waals surface area contributed by atoms with Gasteiger partial charge < -0.3 is 10.0 Å². The van der Waals surface area contributed by atoms with Gasteiger partial charge >= 0.3 is 6.18 Å². The molecule has 1 aromatic heterocycles. The minimum absolute atomic E-state index is 0.0133. The fourth-order valence-corrected chi connectivity index (χ4v) is 3.15. The first kappa shape index (κ1) is 17.9. The largest absolute Gasteiger partial charge is 0.423 e. The molecule has 0 spiro atoms. The molecule has 0 radical (unpaired) electrons. The van der Waals surface area contributed by atoms with Gasteiger partial charge in [0.25, 0.3) is 5.91 Å². The van der Waals surface area contributed by atoms with Gasteiger partial charge in [-0.2, -0.15) is 23.5 Å². The third-order valence-electron chi connectivity index (χ3n) is 4.32. The number of benzene rings is 1. The smallest absolute Gasteiger partial charge is 0.376 e. The number of carbonyl (C=O) groups is 1. The molecule has 2 unspecified atom stereocenters. The van der Waals surface area contributed by atoms with Crippen molar-refractivity contribution in [1.82, 2.24) is 14.7 Å². The highest BCUT2D eigenvalue weighted by molar-refractivity contribution is 5.81. The zero-order chi connectivity index (χ0) is 19.1. The van der Waals surface area contributed by atoms with Crippen molar-refractivity contribution >= 4 is 5.91 Å². The Bertz CT molecular complexity index is 885. The maximum atomic E-state index is 12.6. The van der Waals surface area contributed by atoms with Gasteiger partial charge in [-0.3, -0.25) is 4.79 Å². The van der Waals surface area contributed by atoms with Crippen LogP contribution in [0.2, 0.25) is 0 Å². The topological polar surface area (TPSA) is 82.2 Å². The number of nitriles is 1. The van der Waals surface area contributed by atoms with Crippen LogP contribution in [-0.2, 0) is 11.3 Å². The van der Waals surface area contributed by atoms with Crippen LogP contribution in [0.3, 0.4) is 0 Å². The molecule has 1 aliphatic rings. The predicted molar refractivity (Wildman–Crippen MR) is 84.2 cm³/mol. The molecule has 1 amide bonds. The first-order chi connectivity index (χ1) is 12.2. The number of aliphatic hydroxyl groups is 1. The average molecular weight is 364 g/mol. The molecule has 2 aromatic rings. The fourth-order valence-electron chi connectivity index (χ4n) is 3.15. The first-order valence-corrected chi connectivity index (χ1v) is 7.84. The monoisotopic (exact) mass is 364 g/mol. The summed E-state index contributed by atoms with van der Waals surface area (Å²) in [5.41, 5.74) is 2.30. The quantitative estimate of drug-likeness (QED) is 0.885. The number of alkyl halides is 3. The molecule has 3 rings (SSSR count). The molecule has 26 heavy (non-hydrogen) atoms. The van der Waals surface area contributed by atoms with Crippen molar-refractivity contribution in [3.63, 3.8) is 0 Å². The summed E-state index contributed by atoms with van der Waals surface area (Å²) in [6, 6.07) is 8.93. The third-order valence-corrected chi connectivity index (χ3v) is 4.32. The van der Waals surface area contributed by atoms with Crippen LogP contribution in [0.4, 0.5) is 13.2 Å². The van der Waals surface area contributed by atoms with Gasteiger partial charge in [0, 0.05) is 24.6 Å². The number of hydrogen-bond donors (Lipinski definition) is 1. The van der Waals surface area contributed by atoms with Gasteiger partial charge in [-0.1, -0.05) is 19.1 Å². The zero-order valence-corrected chi connectivity index (χ0v) is 13.7. The predicted octanol–water partition coefficient (Wildman–Crippen LogP) is 2.11. The molecule has 0 aliphatic carbocycles. The maximum Gasteiger partial charge on any atom is 0.423 e. The molecule has 1 aliphatic heterocycles. The summed E-state index contributed by atoms with van der Waals surface area (Å²) in [5, 5.41) is 22.7. The number of fused-ring (bicyclic) bond motifs is 1. The van der Waals surface area contributed by atoms with Crippen LogP contribution in [0.25, 0.3) is 5.69 Å². The van der Waals surface area contributed by atoms with Crippen LogP contribution < -0.4 is 0 Å². The van der Waals surface area contributed by atoms with Crippen molar-refractivity contribution in [2.45, 2.75) is 31.7 Å². The molecule has 0 bridgehead atoms. The van der Waals surface area contributed by atoms with E-state index in [9.17, 15) is 28.3 Å². The van der Waals surface area contributed by atoms with Gasteiger partial charge in [0.2, 0.25) is 6.10 Å². The van der Waals surface area contributed by atoms with Crippen LogP contribution in [0, 0.1) is 11.3 Å². The van der Waals surface area contributed by atoms with Crippen LogP contribution in [0.5, 0.6) is 0 Å². The van der Waals surface area contributed by atoms with Crippen LogP contribution in [0.1, 0.15) is 29.7 Å². The van der Waals surface area contributed by atoms with E-state index in [4.69, 9.17) is 0 Å². The van der Waals surface area contributed by atoms with E-state index in [2.05, 4.69) is 11.2 Å². The Morgan fingerprint density at radius 3 is 2.77 bits per heavy atom. The van der Waals surface area contributed by atoms with Crippen molar-refractivity contribution in [3.8, 4) is 11.8 Å². The molecule has 6 nitrogen and oxygen atoms in total. The molecule has 136 valence electrons. The molecular weight excluding hydrogens is 349 g/mol.